The minimum Gasteiger partial charge on any atom is -0.324 e. The number of rotatable bonds is 4. The molecule has 21 heavy (non-hydrogen) atoms. The van der Waals surface area contributed by atoms with Crippen molar-refractivity contribution in [3.63, 3.8) is 0 Å². The molecule has 1 aliphatic rings. The first-order valence-corrected chi connectivity index (χ1v) is 7.86. The topological polar surface area (TPSA) is 44.4 Å². The second-order valence-electron chi connectivity index (χ2n) is 6.17. The average Bonchev–Trinajstić information content (AvgIpc) is 2.39. The monoisotopic (exact) mass is 289 g/mol. The van der Waals surface area contributed by atoms with Crippen LogP contribution in [0.3, 0.4) is 0 Å². The maximum atomic E-state index is 12.3. The smallest absolute Gasteiger partial charge is 0.238 e. The number of para-hydroxylation sites is 1. The van der Waals surface area contributed by atoms with E-state index in [0.717, 1.165) is 30.8 Å². The first-order valence-electron chi connectivity index (χ1n) is 7.86. The van der Waals surface area contributed by atoms with Crippen LogP contribution in [0.1, 0.15) is 31.9 Å². The van der Waals surface area contributed by atoms with Gasteiger partial charge in [0.1, 0.15) is 0 Å². The van der Waals surface area contributed by atoms with Crippen LogP contribution in [0.2, 0.25) is 0 Å². The molecule has 1 saturated heterocycles. The van der Waals surface area contributed by atoms with E-state index in [1.165, 1.54) is 5.56 Å². The first kappa shape index (κ1) is 16.0. The molecule has 1 amide bonds. The van der Waals surface area contributed by atoms with Crippen molar-refractivity contribution in [2.24, 2.45) is 0 Å². The lowest BCUT2D eigenvalue weighted by molar-refractivity contribution is -0.117. The van der Waals surface area contributed by atoms with Crippen LogP contribution in [-0.4, -0.2) is 42.5 Å². The summed E-state index contributed by atoms with van der Waals surface area (Å²) in [4.78, 5) is 14.6. The van der Waals surface area contributed by atoms with Crippen LogP contribution < -0.4 is 10.6 Å². The second-order valence-corrected chi connectivity index (χ2v) is 6.17. The Morgan fingerprint density at radius 1 is 1.33 bits per heavy atom. The van der Waals surface area contributed by atoms with Crippen LogP contribution in [-0.2, 0) is 11.2 Å². The van der Waals surface area contributed by atoms with Crippen molar-refractivity contribution in [3.8, 4) is 0 Å². The van der Waals surface area contributed by atoms with Gasteiger partial charge in [-0.2, -0.15) is 0 Å². The normalized spacial score (nSPS) is 23.0. The fraction of sp³-hybridized carbons (Fsp3) is 0.588. The van der Waals surface area contributed by atoms with E-state index in [9.17, 15) is 4.79 Å². The van der Waals surface area contributed by atoms with Crippen molar-refractivity contribution < 1.29 is 4.79 Å². The molecule has 1 aromatic rings. The zero-order chi connectivity index (χ0) is 15.4. The van der Waals surface area contributed by atoms with Crippen LogP contribution in [0.15, 0.2) is 18.2 Å². The third-order valence-corrected chi connectivity index (χ3v) is 4.00. The zero-order valence-electron chi connectivity index (χ0n) is 13.6. The zero-order valence-corrected chi connectivity index (χ0v) is 13.6. The highest BCUT2D eigenvalue weighted by molar-refractivity contribution is 5.93. The Morgan fingerprint density at radius 3 is 2.62 bits per heavy atom. The SMILES string of the molecule is CCc1cccc(C)c1NC(=O)CN1CC(C)NC(C)C1. The summed E-state index contributed by atoms with van der Waals surface area (Å²) in [5.41, 5.74) is 3.32. The lowest BCUT2D eigenvalue weighted by atomic mass is 10.1. The summed E-state index contributed by atoms with van der Waals surface area (Å²) in [6.45, 7) is 10.8. The molecule has 0 spiro atoms. The molecule has 116 valence electrons. The Kier molecular flexibility index (Phi) is 5.37. The summed E-state index contributed by atoms with van der Waals surface area (Å²) in [7, 11) is 0. The highest BCUT2D eigenvalue weighted by Crippen LogP contribution is 2.21. The molecular weight excluding hydrogens is 262 g/mol. The van der Waals surface area contributed by atoms with Gasteiger partial charge in [0.15, 0.2) is 0 Å². The Morgan fingerprint density at radius 2 is 2.00 bits per heavy atom. The Labute approximate surface area is 127 Å². The molecule has 1 aliphatic heterocycles. The number of hydrogen-bond acceptors (Lipinski definition) is 3. The number of hydrogen-bond donors (Lipinski definition) is 2. The fourth-order valence-corrected chi connectivity index (χ4v) is 3.15. The molecule has 1 heterocycles. The van der Waals surface area contributed by atoms with E-state index in [4.69, 9.17) is 0 Å². The van der Waals surface area contributed by atoms with Crippen molar-refractivity contribution >= 4 is 11.6 Å². The third kappa shape index (κ3) is 4.29. The van der Waals surface area contributed by atoms with Crippen LogP contribution in [0.25, 0.3) is 0 Å². The van der Waals surface area contributed by atoms with Gasteiger partial charge >= 0.3 is 0 Å². The number of anilines is 1. The van der Waals surface area contributed by atoms with Gasteiger partial charge < -0.3 is 10.6 Å². The first-order chi connectivity index (χ1) is 9.99. The third-order valence-electron chi connectivity index (χ3n) is 4.00. The quantitative estimate of drug-likeness (QED) is 0.893. The standard InChI is InChI=1S/C17H27N3O/c1-5-15-8-6-7-12(2)17(15)19-16(21)11-20-9-13(3)18-14(4)10-20/h6-8,13-14,18H,5,9-11H2,1-4H3,(H,19,21). The number of piperazine rings is 1. The molecule has 0 aliphatic carbocycles. The van der Waals surface area contributed by atoms with Gasteiger partial charge in [-0.1, -0.05) is 25.1 Å². The summed E-state index contributed by atoms with van der Waals surface area (Å²) in [6.07, 6.45) is 0.930. The maximum Gasteiger partial charge on any atom is 0.238 e. The van der Waals surface area contributed by atoms with Gasteiger partial charge in [0, 0.05) is 30.9 Å². The Bertz CT molecular complexity index is 491. The van der Waals surface area contributed by atoms with E-state index in [1.54, 1.807) is 0 Å². The van der Waals surface area contributed by atoms with Crippen molar-refractivity contribution in [1.82, 2.24) is 10.2 Å². The molecule has 0 aromatic heterocycles. The van der Waals surface area contributed by atoms with E-state index in [1.807, 2.05) is 19.1 Å². The molecule has 4 nitrogen and oxygen atoms in total. The lowest BCUT2D eigenvalue weighted by Crippen LogP contribution is -2.55. The number of carbonyl (C=O) groups excluding carboxylic acids is 1. The number of carbonyl (C=O) groups is 1. The van der Waals surface area contributed by atoms with Crippen molar-refractivity contribution in [3.05, 3.63) is 29.3 Å². The molecule has 0 saturated carbocycles. The molecule has 2 N–H and O–H groups in total. The second kappa shape index (κ2) is 7.05. The van der Waals surface area contributed by atoms with Gasteiger partial charge in [-0.3, -0.25) is 9.69 Å². The molecule has 1 aromatic carbocycles. The summed E-state index contributed by atoms with van der Waals surface area (Å²) >= 11 is 0. The van der Waals surface area contributed by atoms with Crippen LogP contribution in [0, 0.1) is 6.92 Å². The van der Waals surface area contributed by atoms with Gasteiger partial charge in [0.05, 0.1) is 6.54 Å². The number of benzene rings is 1. The molecule has 2 rings (SSSR count). The number of aryl methyl sites for hydroxylation is 2. The molecular formula is C17H27N3O. The van der Waals surface area contributed by atoms with Crippen LogP contribution in [0.5, 0.6) is 0 Å². The van der Waals surface area contributed by atoms with E-state index in [2.05, 4.69) is 42.4 Å². The Hall–Kier alpha value is -1.39. The summed E-state index contributed by atoms with van der Waals surface area (Å²) in [5.74, 6) is 0.0836. The van der Waals surface area contributed by atoms with Crippen molar-refractivity contribution in [2.75, 3.05) is 25.0 Å². The number of nitrogens with zero attached hydrogens (tertiary/aromatic N) is 1. The maximum absolute atomic E-state index is 12.3. The minimum atomic E-state index is 0.0836. The molecule has 0 radical (unpaired) electrons. The minimum absolute atomic E-state index is 0.0836. The largest absolute Gasteiger partial charge is 0.324 e. The van der Waals surface area contributed by atoms with E-state index in [-0.39, 0.29) is 5.91 Å². The average molecular weight is 289 g/mol. The van der Waals surface area contributed by atoms with Crippen molar-refractivity contribution in [2.45, 2.75) is 46.2 Å². The predicted molar refractivity (Wildman–Crippen MR) is 87.7 cm³/mol. The summed E-state index contributed by atoms with van der Waals surface area (Å²) < 4.78 is 0. The summed E-state index contributed by atoms with van der Waals surface area (Å²) in [5, 5.41) is 6.59. The highest BCUT2D eigenvalue weighted by Gasteiger charge is 2.22. The number of amides is 1. The highest BCUT2D eigenvalue weighted by atomic mass is 16.2. The van der Waals surface area contributed by atoms with E-state index < -0.39 is 0 Å². The molecule has 4 heteroatoms. The molecule has 2 unspecified atom stereocenters. The van der Waals surface area contributed by atoms with E-state index in [0.29, 0.717) is 18.6 Å². The lowest BCUT2D eigenvalue weighted by Gasteiger charge is -2.35. The predicted octanol–water partition coefficient (Wildman–Crippen LogP) is 2.18. The Balaban J connectivity index is 1.99. The van der Waals surface area contributed by atoms with Gasteiger partial charge in [-0.25, -0.2) is 0 Å². The van der Waals surface area contributed by atoms with E-state index >= 15 is 0 Å². The summed E-state index contributed by atoms with van der Waals surface area (Å²) in [6, 6.07) is 7.04. The number of nitrogens with one attached hydrogen (secondary N) is 2. The van der Waals surface area contributed by atoms with Gasteiger partial charge in [-0.05, 0) is 38.3 Å². The fourth-order valence-electron chi connectivity index (χ4n) is 3.15. The molecule has 1 fully saturated rings. The van der Waals surface area contributed by atoms with Gasteiger partial charge in [0.2, 0.25) is 5.91 Å². The van der Waals surface area contributed by atoms with Crippen molar-refractivity contribution in [1.29, 1.82) is 0 Å². The van der Waals surface area contributed by atoms with Gasteiger partial charge in [0.25, 0.3) is 0 Å². The van der Waals surface area contributed by atoms with Crippen LogP contribution >= 0.6 is 0 Å². The molecule has 2 atom stereocenters. The van der Waals surface area contributed by atoms with Gasteiger partial charge in [-0.15, -0.1) is 0 Å². The van der Waals surface area contributed by atoms with Crippen LogP contribution in [0.4, 0.5) is 5.69 Å². The molecule has 0 bridgehead atoms.